The Hall–Kier alpha value is -1.32. The number of sulfonamides is 1. The number of likely N-dealkylation sites (tertiary alicyclic amines) is 1. The molecule has 162 valence electrons. The van der Waals surface area contributed by atoms with E-state index in [-0.39, 0.29) is 6.10 Å². The SMILES string of the molecule is O=S(=O)(c1ccccc1)N(Br)CC1CCN(CC2COc3ccc(Cl)cc3O2)CC1. The molecule has 6 nitrogen and oxygen atoms in total. The molecule has 2 aromatic rings. The second-order valence-electron chi connectivity index (χ2n) is 7.67. The van der Waals surface area contributed by atoms with Crippen molar-refractivity contribution in [2.75, 3.05) is 32.8 Å². The van der Waals surface area contributed by atoms with E-state index in [1.165, 1.54) is 3.33 Å². The Morgan fingerprint density at radius 2 is 1.83 bits per heavy atom. The second kappa shape index (κ2) is 9.44. The first-order valence-corrected chi connectivity index (χ1v) is 12.5. The number of hydrogen-bond acceptors (Lipinski definition) is 5. The van der Waals surface area contributed by atoms with Crippen LogP contribution in [-0.2, 0) is 10.0 Å². The maximum atomic E-state index is 12.7. The lowest BCUT2D eigenvalue weighted by molar-refractivity contribution is 0.0475. The van der Waals surface area contributed by atoms with Crippen molar-refractivity contribution in [1.29, 1.82) is 0 Å². The molecule has 0 amide bonds. The van der Waals surface area contributed by atoms with E-state index in [1.54, 1.807) is 36.4 Å². The van der Waals surface area contributed by atoms with Gasteiger partial charge in [-0.25, -0.2) is 8.42 Å². The van der Waals surface area contributed by atoms with Crippen molar-refractivity contribution in [2.45, 2.75) is 23.8 Å². The van der Waals surface area contributed by atoms with Crippen molar-refractivity contribution >= 4 is 37.8 Å². The predicted molar refractivity (Wildman–Crippen MR) is 120 cm³/mol. The van der Waals surface area contributed by atoms with E-state index in [4.69, 9.17) is 21.1 Å². The molecular formula is C21H24BrClN2O4S. The van der Waals surface area contributed by atoms with Gasteiger partial charge in [0.2, 0.25) is 0 Å². The molecule has 30 heavy (non-hydrogen) atoms. The molecule has 0 spiro atoms. The van der Waals surface area contributed by atoms with Gasteiger partial charge in [0.25, 0.3) is 10.0 Å². The maximum absolute atomic E-state index is 12.7. The molecule has 1 fully saturated rings. The van der Waals surface area contributed by atoms with E-state index in [2.05, 4.69) is 21.0 Å². The van der Waals surface area contributed by atoms with Crippen molar-refractivity contribution in [3.63, 3.8) is 0 Å². The minimum absolute atomic E-state index is 0.0429. The summed E-state index contributed by atoms with van der Waals surface area (Å²) >= 11 is 9.32. The summed E-state index contributed by atoms with van der Waals surface area (Å²) in [6.07, 6.45) is 1.82. The zero-order chi connectivity index (χ0) is 21.1. The van der Waals surface area contributed by atoms with Crippen LogP contribution in [0.15, 0.2) is 53.4 Å². The molecule has 1 saturated heterocycles. The van der Waals surface area contributed by atoms with Crippen LogP contribution in [-0.4, -0.2) is 55.5 Å². The van der Waals surface area contributed by atoms with Crippen LogP contribution in [0.2, 0.25) is 5.02 Å². The Labute approximate surface area is 191 Å². The summed E-state index contributed by atoms with van der Waals surface area (Å²) in [5.41, 5.74) is 0. The van der Waals surface area contributed by atoms with E-state index in [1.807, 2.05) is 12.1 Å². The van der Waals surface area contributed by atoms with Gasteiger partial charge in [-0.05, 0) is 56.1 Å². The molecule has 4 rings (SSSR count). The standard InChI is InChI=1S/C21H24BrClN2O4S/c22-25(30(26,27)19-4-2-1-3-5-19)13-16-8-10-24(11-9-16)14-18-15-28-20-7-6-17(23)12-21(20)29-18/h1-7,12,16,18H,8-11,13-15H2. The van der Waals surface area contributed by atoms with Gasteiger partial charge in [-0.15, -0.1) is 3.33 Å². The highest BCUT2D eigenvalue weighted by molar-refractivity contribution is 9.08. The summed E-state index contributed by atoms with van der Waals surface area (Å²) in [7, 11) is -3.52. The van der Waals surface area contributed by atoms with E-state index >= 15 is 0 Å². The zero-order valence-corrected chi connectivity index (χ0v) is 19.6. The van der Waals surface area contributed by atoms with Crippen LogP contribution in [0.25, 0.3) is 0 Å². The van der Waals surface area contributed by atoms with Crippen LogP contribution in [0.1, 0.15) is 12.8 Å². The zero-order valence-electron chi connectivity index (χ0n) is 16.4. The third kappa shape index (κ3) is 5.11. The Bertz CT molecular complexity index is 968. The number of rotatable bonds is 6. The highest BCUT2D eigenvalue weighted by atomic mass is 79.9. The van der Waals surface area contributed by atoms with Crippen LogP contribution in [0.4, 0.5) is 0 Å². The Morgan fingerprint density at radius 3 is 2.57 bits per heavy atom. The molecule has 0 bridgehead atoms. The fourth-order valence-corrected chi connectivity index (χ4v) is 6.04. The first kappa shape index (κ1) is 21.9. The number of fused-ring (bicyclic) bond motifs is 1. The molecule has 0 aromatic heterocycles. The number of nitrogens with zero attached hydrogens (tertiary/aromatic N) is 2. The van der Waals surface area contributed by atoms with Crippen LogP contribution < -0.4 is 9.47 Å². The topological polar surface area (TPSA) is 59.1 Å². The van der Waals surface area contributed by atoms with E-state index < -0.39 is 10.0 Å². The first-order chi connectivity index (χ1) is 14.4. The molecule has 0 saturated carbocycles. The molecule has 1 atom stereocenters. The molecule has 0 radical (unpaired) electrons. The highest BCUT2D eigenvalue weighted by Crippen LogP contribution is 2.34. The van der Waals surface area contributed by atoms with Crippen LogP contribution in [0.5, 0.6) is 11.5 Å². The fourth-order valence-electron chi connectivity index (χ4n) is 3.83. The van der Waals surface area contributed by atoms with Crippen LogP contribution >= 0.6 is 27.7 Å². The highest BCUT2D eigenvalue weighted by Gasteiger charge is 2.29. The van der Waals surface area contributed by atoms with Gasteiger partial charge in [0.15, 0.2) is 11.5 Å². The lowest BCUT2D eigenvalue weighted by atomic mass is 9.97. The summed E-state index contributed by atoms with van der Waals surface area (Å²) in [4.78, 5) is 2.65. The third-order valence-corrected chi connectivity index (χ3v) is 8.70. The third-order valence-electron chi connectivity index (χ3n) is 5.50. The van der Waals surface area contributed by atoms with Gasteiger partial charge in [-0.2, -0.15) is 0 Å². The van der Waals surface area contributed by atoms with E-state index in [0.29, 0.717) is 34.7 Å². The fraction of sp³-hybridized carbons (Fsp3) is 0.429. The van der Waals surface area contributed by atoms with Crippen molar-refractivity contribution in [3.05, 3.63) is 53.6 Å². The number of halogens is 2. The molecule has 9 heteroatoms. The normalized spacial score (nSPS) is 20.4. The lowest BCUT2D eigenvalue weighted by Crippen LogP contribution is -2.45. The number of benzene rings is 2. The smallest absolute Gasteiger partial charge is 0.252 e. The Balaban J connectivity index is 1.26. The van der Waals surface area contributed by atoms with E-state index in [0.717, 1.165) is 38.2 Å². The average Bonchev–Trinajstić information content (AvgIpc) is 2.75. The lowest BCUT2D eigenvalue weighted by Gasteiger charge is -2.36. The maximum Gasteiger partial charge on any atom is 0.252 e. The summed E-state index contributed by atoms with van der Waals surface area (Å²) in [5, 5.41) is 0.628. The van der Waals surface area contributed by atoms with Gasteiger partial charge in [-0.3, -0.25) is 4.90 Å². The minimum atomic E-state index is -3.52. The number of ether oxygens (including phenoxy) is 2. The molecule has 2 aliphatic heterocycles. The van der Waals surface area contributed by atoms with Crippen LogP contribution in [0.3, 0.4) is 0 Å². The summed E-state index contributed by atoms with van der Waals surface area (Å²) in [5.74, 6) is 1.73. The van der Waals surface area contributed by atoms with Gasteiger partial charge in [0.05, 0.1) is 4.90 Å². The first-order valence-electron chi connectivity index (χ1n) is 9.97. The average molecular weight is 516 g/mol. The van der Waals surface area contributed by atoms with Crippen molar-refractivity contribution in [1.82, 2.24) is 8.23 Å². The molecule has 2 aromatic carbocycles. The summed E-state index contributed by atoms with van der Waals surface area (Å²) < 4.78 is 38.5. The second-order valence-corrected chi connectivity index (χ2v) is 11.3. The monoisotopic (exact) mass is 514 g/mol. The summed E-state index contributed by atoms with van der Waals surface area (Å²) in [6.45, 7) is 3.55. The minimum Gasteiger partial charge on any atom is -0.486 e. The predicted octanol–water partition coefficient (Wildman–Crippen LogP) is 4.19. The van der Waals surface area contributed by atoms with Crippen LogP contribution in [0, 0.1) is 5.92 Å². The van der Waals surface area contributed by atoms with Crippen molar-refractivity contribution < 1.29 is 17.9 Å². The molecular weight excluding hydrogens is 492 g/mol. The van der Waals surface area contributed by atoms with Crippen molar-refractivity contribution in [2.24, 2.45) is 5.92 Å². The number of piperidine rings is 1. The number of hydrogen-bond donors (Lipinski definition) is 0. The van der Waals surface area contributed by atoms with Gasteiger partial charge < -0.3 is 9.47 Å². The molecule has 2 aliphatic rings. The Morgan fingerprint density at radius 1 is 1.10 bits per heavy atom. The van der Waals surface area contributed by atoms with Gasteiger partial charge in [0, 0.05) is 40.3 Å². The van der Waals surface area contributed by atoms with Gasteiger partial charge in [-0.1, -0.05) is 29.8 Å². The molecule has 2 heterocycles. The van der Waals surface area contributed by atoms with E-state index in [9.17, 15) is 8.42 Å². The largest absolute Gasteiger partial charge is 0.486 e. The molecule has 0 N–H and O–H groups in total. The molecule has 1 unspecified atom stereocenters. The molecule has 0 aliphatic carbocycles. The van der Waals surface area contributed by atoms with Gasteiger partial charge >= 0.3 is 0 Å². The quantitative estimate of drug-likeness (QED) is 0.540. The van der Waals surface area contributed by atoms with Gasteiger partial charge in [0.1, 0.15) is 12.7 Å². The Kier molecular flexibility index (Phi) is 6.89. The van der Waals surface area contributed by atoms with Crippen molar-refractivity contribution in [3.8, 4) is 11.5 Å². The summed E-state index contributed by atoms with van der Waals surface area (Å²) in [6, 6.07) is 13.9.